The molecular weight excluding hydrogens is 416 g/mol. The summed E-state index contributed by atoms with van der Waals surface area (Å²) in [4.78, 5) is 14.9. The number of fused-ring (bicyclic) bond motifs is 1. The van der Waals surface area contributed by atoms with Crippen molar-refractivity contribution in [1.82, 2.24) is 4.90 Å². The molecule has 0 bridgehead atoms. The molecule has 0 saturated carbocycles. The third kappa shape index (κ3) is 4.51. The summed E-state index contributed by atoms with van der Waals surface area (Å²) >= 11 is 0. The van der Waals surface area contributed by atoms with Gasteiger partial charge >= 0.3 is 0 Å². The predicted octanol–water partition coefficient (Wildman–Crippen LogP) is 5.12. The van der Waals surface area contributed by atoms with Crippen molar-refractivity contribution in [2.45, 2.75) is 26.0 Å². The van der Waals surface area contributed by atoms with Crippen LogP contribution in [0.1, 0.15) is 39.0 Å². The SMILES string of the molecule is COc1ccc2c(c1)CCN(C(=O)c1c(O)cc(C(F)F)cc1OCc1ccccc1)C2. The van der Waals surface area contributed by atoms with Gasteiger partial charge in [0.2, 0.25) is 0 Å². The van der Waals surface area contributed by atoms with E-state index in [1.807, 2.05) is 48.5 Å². The van der Waals surface area contributed by atoms with Gasteiger partial charge in [-0.25, -0.2) is 8.78 Å². The second kappa shape index (κ2) is 9.26. The minimum absolute atomic E-state index is 0.0605. The van der Waals surface area contributed by atoms with Crippen molar-refractivity contribution in [3.8, 4) is 17.2 Å². The fourth-order valence-corrected chi connectivity index (χ4v) is 3.80. The number of amides is 1. The van der Waals surface area contributed by atoms with Crippen LogP contribution in [0.15, 0.2) is 60.7 Å². The molecule has 5 nitrogen and oxygen atoms in total. The Morgan fingerprint density at radius 1 is 1.09 bits per heavy atom. The fourth-order valence-electron chi connectivity index (χ4n) is 3.80. The fraction of sp³-hybridized carbons (Fsp3) is 0.240. The van der Waals surface area contributed by atoms with Gasteiger partial charge in [0, 0.05) is 18.7 Å². The first-order valence-corrected chi connectivity index (χ1v) is 10.2. The first kappa shape index (κ1) is 21.6. The molecule has 1 amide bonds. The molecule has 0 atom stereocenters. The molecule has 0 aromatic heterocycles. The third-order valence-corrected chi connectivity index (χ3v) is 5.52. The van der Waals surface area contributed by atoms with Gasteiger partial charge in [-0.2, -0.15) is 0 Å². The highest BCUT2D eigenvalue weighted by atomic mass is 19.3. The van der Waals surface area contributed by atoms with Crippen molar-refractivity contribution in [2.75, 3.05) is 13.7 Å². The minimum atomic E-state index is -2.80. The molecule has 1 aliphatic heterocycles. The van der Waals surface area contributed by atoms with Crippen LogP contribution in [0.4, 0.5) is 8.78 Å². The zero-order chi connectivity index (χ0) is 22.7. The molecule has 166 valence electrons. The van der Waals surface area contributed by atoms with Crippen LogP contribution in [-0.2, 0) is 19.6 Å². The molecule has 32 heavy (non-hydrogen) atoms. The van der Waals surface area contributed by atoms with Crippen LogP contribution < -0.4 is 9.47 Å². The second-order valence-corrected chi connectivity index (χ2v) is 7.60. The molecular formula is C25H23F2NO4. The highest BCUT2D eigenvalue weighted by molar-refractivity contribution is 6.00. The van der Waals surface area contributed by atoms with Crippen molar-refractivity contribution in [3.63, 3.8) is 0 Å². The molecule has 4 rings (SSSR count). The largest absolute Gasteiger partial charge is 0.507 e. The smallest absolute Gasteiger partial charge is 0.264 e. The third-order valence-electron chi connectivity index (χ3n) is 5.52. The number of alkyl halides is 2. The van der Waals surface area contributed by atoms with E-state index in [4.69, 9.17) is 9.47 Å². The number of carbonyl (C=O) groups is 1. The molecule has 0 radical (unpaired) electrons. The first-order chi connectivity index (χ1) is 15.5. The van der Waals surface area contributed by atoms with Gasteiger partial charge in [-0.3, -0.25) is 4.79 Å². The maximum Gasteiger partial charge on any atom is 0.264 e. The van der Waals surface area contributed by atoms with Gasteiger partial charge in [0.1, 0.15) is 29.4 Å². The van der Waals surface area contributed by atoms with Crippen molar-refractivity contribution in [3.05, 3.63) is 88.5 Å². The molecule has 1 N–H and O–H groups in total. The Morgan fingerprint density at radius 2 is 1.88 bits per heavy atom. The number of hydrogen-bond donors (Lipinski definition) is 1. The quantitative estimate of drug-likeness (QED) is 0.580. The van der Waals surface area contributed by atoms with E-state index in [0.717, 1.165) is 34.6 Å². The van der Waals surface area contributed by atoms with E-state index < -0.39 is 23.6 Å². The number of rotatable bonds is 6. The Labute approximate surface area is 184 Å². The van der Waals surface area contributed by atoms with Gasteiger partial charge in [-0.05, 0) is 47.4 Å². The zero-order valence-electron chi connectivity index (χ0n) is 17.6. The van der Waals surface area contributed by atoms with Gasteiger partial charge in [0.05, 0.1) is 7.11 Å². The normalized spacial score (nSPS) is 13.1. The van der Waals surface area contributed by atoms with Crippen LogP contribution >= 0.6 is 0 Å². The average Bonchev–Trinajstić information content (AvgIpc) is 2.81. The number of phenolic OH excluding ortho intramolecular Hbond substituents is 1. The summed E-state index contributed by atoms with van der Waals surface area (Å²) in [5.74, 6) is -0.292. The molecule has 0 aliphatic carbocycles. The van der Waals surface area contributed by atoms with Crippen LogP contribution in [0.3, 0.4) is 0 Å². The molecule has 3 aromatic rings. The summed E-state index contributed by atoms with van der Waals surface area (Å²) < 4.78 is 37.7. The van der Waals surface area contributed by atoms with Crippen LogP contribution in [0.2, 0.25) is 0 Å². The van der Waals surface area contributed by atoms with Crippen molar-refractivity contribution in [1.29, 1.82) is 0 Å². The molecule has 0 saturated heterocycles. The number of halogens is 2. The van der Waals surface area contributed by atoms with Gasteiger partial charge in [0.15, 0.2) is 0 Å². The molecule has 1 aliphatic rings. The van der Waals surface area contributed by atoms with Gasteiger partial charge in [-0.15, -0.1) is 0 Å². The van der Waals surface area contributed by atoms with Gasteiger partial charge < -0.3 is 19.5 Å². The maximum absolute atomic E-state index is 13.3. The molecule has 0 unspecified atom stereocenters. The minimum Gasteiger partial charge on any atom is -0.507 e. The van der Waals surface area contributed by atoms with E-state index in [2.05, 4.69) is 0 Å². The highest BCUT2D eigenvalue weighted by Gasteiger charge is 2.28. The number of benzene rings is 3. The highest BCUT2D eigenvalue weighted by Crippen LogP contribution is 2.36. The zero-order valence-corrected chi connectivity index (χ0v) is 17.6. The Balaban J connectivity index is 1.63. The van der Waals surface area contributed by atoms with E-state index in [9.17, 15) is 18.7 Å². The summed E-state index contributed by atoms with van der Waals surface area (Å²) in [5, 5.41) is 10.5. The topological polar surface area (TPSA) is 59.0 Å². The van der Waals surface area contributed by atoms with E-state index in [1.165, 1.54) is 0 Å². The lowest BCUT2D eigenvalue weighted by Gasteiger charge is -2.30. The molecule has 0 fully saturated rings. The Hall–Kier alpha value is -3.61. The Morgan fingerprint density at radius 3 is 2.59 bits per heavy atom. The van der Waals surface area contributed by atoms with Crippen LogP contribution in [0.25, 0.3) is 0 Å². The van der Waals surface area contributed by atoms with Crippen LogP contribution in [-0.4, -0.2) is 29.6 Å². The molecule has 1 heterocycles. The number of nitrogens with zero attached hydrogens (tertiary/aromatic N) is 1. The lowest BCUT2D eigenvalue weighted by Crippen LogP contribution is -2.36. The molecule has 0 spiro atoms. The van der Waals surface area contributed by atoms with E-state index in [1.54, 1.807) is 12.0 Å². The van der Waals surface area contributed by atoms with Crippen molar-refractivity contribution in [2.24, 2.45) is 0 Å². The van der Waals surface area contributed by atoms with Crippen LogP contribution in [0, 0.1) is 0 Å². The number of hydrogen-bond acceptors (Lipinski definition) is 4. The standard InChI is InChI=1S/C25H23F2NO4/c1-31-20-8-7-18-14-28(10-9-17(18)11-20)25(30)23-21(29)12-19(24(26)27)13-22(23)32-15-16-5-3-2-4-6-16/h2-8,11-13,24,29H,9-10,14-15H2,1H3. The monoisotopic (exact) mass is 439 g/mol. The first-order valence-electron chi connectivity index (χ1n) is 10.2. The molecule has 3 aromatic carbocycles. The van der Waals surface area contributed by atoms with E-state index in [-0.39, 0.29) is 17.9 Å². The predicted molar refractivity (Wildman–Crippen MR) is 115 cm³/mol. The van der Waals surface area contributed by atoms with Gasteiger partial charge in [0.25, 0.3) is 12.3 Å². The Bertz CT molecular complexity index is 1120. The number of phenols is 1. The van der Waals surface area contributed by atoms with Crippen molar-refractivity contribution < 1.29 is 28.2 Å². The Kier molecular flexibility index (Phi) is 6.25. The summed E-state index contributed by atoms with van der Waals surface area (Å²) in [5.41, 5.74) is 2.36. The lowest BCUT2D eigenvalue weighted by atomic mass is 9.98. The number of aromatic hydroxyl groups is 1. The second-order valence-electron chi connectivity index (χ2n) is 7.60. The summed E-state index contributed by atoms with van der Waals surface area (Å²) in [6.45, 7) is 0.843. The van der Waals surface area contributed by atoms with Crippen LogP contribution in [0.5, 0.6) is 17.2 Å². The summed E-state index contributed by atoms with van der Waals surface area (Å²) in [7, 11) is 1.60. The van der Waals surface area contributed by atoms with E-state index >= 15 is 0 Å². The van der Waals surface area contributed by atoms with Gasteiger partial charge in [-0.1, -0.05) is 36.4 Å². The number of ether oxygens (including phenoxy) is 2. The molecule has 7 heteroatoms. The summed E-state index contributed by atoms with van der Waals surface area (Å²) in [6.07, 6.45) is -2.19. The summed E-state index contributed by atoms with van der Waals surface area (Å²) in [6, 6.07) is 16.9. The van der Waals surface area contributed by atoms with E-state index in [0.29, 0.717) is 19.5 Å². The maximum atomic E-state index is 13.3. The number of methoxy groups -OCH3 is 1. The van der Waals surface area contributed by atoms with Crippen molar-refractivity contribution >= 4 is 5.91 Å². The lowest BCUT2D eigenvalue weighted by molar-refractivity contribution is 0.0725. The average molecular weight is 439 g/mol. The number of carbonyl (C=O) groups excluding carboxylic acids is 1.